The van der Waals surface area contributed by atoms with Crippen LogP contribution in [0.4, 0.5) is 34.1 Å². The molecule has 0 unspecified atom stereocenters. The Bertz CT molecular complexity index is 3210. The Morgan fingerprint density at radius 3 is 0.983 bits per heavy atom. The summed E-state index contributed by atoms with van der Waals surface area (Å²) < 4.78 is 0. The van der Waals surface area contributed by atoms with E-state index >= 15 is 0 Å². The van der Waals surface area contributed by atoms with Crippen molar-refractivity contribution in [3.63, 3.8) is 0 Å². The Labute approximate surface area is 351 Å². The first kappa shape index (κ1) is 36.0. The lowest BCUT2D eigenvalue weighted by Gasteiger charge is -2.31. The van der Waals surface area contributed by atoms with Crippen molar-refractivity contribution in [1.82, 2.24) is 0 Å². The lowest BCUT2D eigenvalue weighted by molar-refractivity contribution is 1.22. The highest BCUT2D eigenvalue weighted by Gasteiger charge is 2.24. The predicted octanol–water partition coefficient (Wildman–Crippen LogP) is 16.8. The van der Waals surface area contributed by atoms with Crippen LogP contribution < -0.4 is 9.80 Å². The van der Waals surface area contributed by atoms with E-state index in [4.69, 9.17) is 0 Å². The highest BCUT2D eigenvalue weighted by molar-refractivity contribution is 6.35. The van der Waals surface area contributed by atoms with Gasteiger partial charge in [-0.15, -0.1) is 0 Å². The number of anilines is 6. The molecule has 11 rings (SSSR count). The summed E-state index contributed by atoms with van der Waals surface area (Å²) in [6.07, 6.45) is 0. The fourth-order valence-electron chi connectivity index (χ4n) is 9.98. The topological polar surface area (TPSA) is 6.48 Å². The number of fused-ring (bicyclic) bond motifs is 4. The average molecular weight is 771 g/mol. The summed E-state index contributed by atoms with van der Waals surface area (Å²) in [6, 6.07) is 63.6. The molecule has 0 saturated carbocycles. The fourth-order valence-corrected chi connectivity index (χ4v) is 9.98. The van der Waals surface area contributed by atoms with Crippen molar-refractivity contribution in [3.05, 3.63) is 203 Å². The van der Waals surface area contributed by atoms with Crippen LogP contribution in [0.1, 0.15) is 33.4 Å². The quantitative estimate of drug-likeness (QED) is 0.123. The second-order valence-electron chi connectivity index (χ2n) is 16.8. The fraction of sp³-hybridized carbons (Fsp3) is 0.103. The van der Waals surface area contributed by atoms with Gasteiger partial charge in [-0.2, -0.15) is 0 Å². The highest BCUT2D eigenvalue weighted by Crippen LogP contribution is 2.50. The maximum absolute atomic E-state index is 2.50. The number of nitrogens with zero attached hydrogens (tertiary/aromatic N) is 2. The Balaban J connectivity index is 1.20. The zero-order valence-electron chi connectivity index (χ0n) is 35.1. The van der Waals surface area contributed by atoms with E-state index in [2.05, 4.69) is 221 Å². The van der Waals surface area contributed by atoms with Crippen LogP contribution in [0.15, 0.2) is 170 Å². The van der Waals surface area contributed by atoms with Crippen molar-refractivity contribution < 1.29 is 0 Å². The van der Waals surface area contributed by atoms with Crippen molar-refractivity contribution in [2.45, 2.75) is 41.5 Å². The summed E-state index contributed by atoms with van der Waals surface area (Å²) >= 11 is 0. The maximum atomic E-state index is 2.50. The minimum atomic E-state index is 1.17. The van der Waals surface area contributed by atoms with Crippen LogP contribution in [0.3, 0.4) is 0 Å². The van der Waals surface area contributed by atoms with Crippen LogP contribution in [0.25, 0.3) is 64.6 Å². The molecule has 0 bridgehead atoms. The Morgan fingerprint density at radius 2 is 0.567 bits per heavy atom. The van der Waals surface area contributed by atoms with Crippen molar-refractivity contribution in [2.75, 3.05) is 9.80 Å². The summed E-state index contributed by atoms with van der Waals surface area (Å²) in [5.74, 6) is 0. The third-order valence-electron chi connectivity index (χ3n) is 13.5. The van der Waals surface area contributed by atoms with Crippen molar-refractivity contribution in [1.29, 1.82) is 0 Å². The first-order valence-corrected chi connectivity index (χ1v) is 21.1. The third kappa shape index (κ3) is 5.41. The van der Waals surface area contributed by atoms with Gasteiger partial charge in [0.05, 0.1) is 22.7 Å². The number of benzene rings is 11. The largest absolute Gasteiger partial charge is 0.309 e. The third-order valence-corrected chi connectivity index (χ3v) is 13.5. The Hall–Kier alpha value is -7.16. The van der Waals surface area contributed by atoms with Gasteiger partial charge in [-0.3, -0.25) is 0 Å². The van der Waals surface area contributed by atoms with Crippen LogP contribution >= 0.6 is 0 Å². The van der Waals surface area contributed by atoms with Crippen molar-refractivity contribution in [2.24, 2.45) is 0 Å². The van der Waals surface area contributed by atoms with Gasteiger partial charge in [0.25, 0.3) is 0 Å². The Morgan fingerprint density at radius 1 is 0.267 bits per heavy atom. The number of hydrogen-bond donors (Lipinski definition) is 0. The van der Waals surface area contributed by atoms with Crippen molar-refractivity contribution in [3.8, 4) is 0 Å². The number of hydrogen-bond acceptors (Lipinski definition) is 2. The first-order valence-electron chi connectivity index (χ1n) is 21.1. The lowest BCUT2D eigenvalue weighted by atomic mass is 9.88. The smallest absolute Gasteiger partial charge is 0.0540 e. The summed E-state index contributed by atoms with van der Waals surface area (Å²) in [7, 11) is 0. The Kier molecular flexibility index (Phi) is 8.22. The molecule has 60 heavy (non-hydrogen) atoms. The van der Waals surface area contributed by atoms with Gasteiger partial charge in [-0.25, -0.2) is 0 Å². The lowest BCUT2D eigenvalue weighted by Crippen LogP contribution is -2.12. The monoisotopic (exact) mass is 770 g/mol. The van der Waals surface area contributed by atoms with Crippen molar-refractivity contribution >= 4 is 98.8 Å². The number of aryl methyl sites for hydroxylation is 4. The molecule has 0 aromatic heterocycles. The number of rotatable bonds is 6. The van der Waals surface area contributed by atoms with E-state index in [1.165, 1.54) is 132 Å². The van der Waals surface area contributed by atoms with Gasteiger partial charge < -0.3 is 9.80 Å². The maximum Gasteiger partial charge on any atom is 0.0540 e. The van der Waals surface area contributed by atoms with E-state index in [1.54, 1.807) is 0 Å². The molecule has 0 saturated heterocycles. The van der Waals surface area contributed by atoms with E-state index in [1.807, 2.05) is 0 Å². The van der Waals surface area contributed by atoms with Gasteiger partial charge in [0.2, 0.25) is 0 Å². The van der Waals surface area contributed by atoms with E-state index in [9.17, 15) is 0 Å². The molecule has 0 N–H and O–H groups in total. The molecule has 0 aliphatic heterocycles. The highest BCUT2D eigenvalue weighted by atomic mass is 15.2. The minimum Gasteiger partial charge on any atom is -0.309 e. The molecule has 0 atom stereocenters. The van der Waals surface area contributed by atoms with E-state index in [0.717, 1.165) is 0 Å². The van der Waals surface area contributed by atoms with Gasteiger partial charge >= 0.3 is 0 Å². The average Bonchev–Trinajstić information content (AvgIpc) is 3.27. The molecule has 11 aromatic rings. The second kappa shape index (κ2) is 13.7. The molecule has 2 heteroatoms. The second-order valence-corrected chi connectivity index (χ2v) is 16.8. The molecule has 0 amide bonds. The van der Waals surface area contributed by atoms with Crippen LogP contribution in [-0.2, 0) is 0 Å². The predicted molar refractivity (Wildman–Crippen MR) is 260 cm³/mol. The molecule has 2 nitrogen and oxygen atoms in total. The van der Waals surface area contributed by atoms with Gasteiger partial charge in [0.1, 0.15) is 0 Å². The molecule has 0 aliphatic rings. The normalized spacial score (nSPS) is 11.8. The van der Waals surface area contributed by atoms with E-state index < -0.39 is 0 Å². The summed E-state index contributed by atoms with van der Waals surface area (Å²) in [5, 5.41) is 15.1. The van der Waals surface area contributed by atoms with Crippen LogP contribution in [-0.4, -0.2) is 0 Å². The summed E-state index contributed by atoms with van der Waals surface area (Å²) in [4.78, 5) is 4.99. The summed E-state index contributed by atoms with van der Waals surface area (Å²) in [6.45, 7) is 13.4. The van der Waals surface area contributed by atoms with E-state index in [0.29, 0.717) is 0 Å². The van der Waals surface area contributed by atoms with Gasteiger partial charge in [0.15, 0.2) is 0 Å². The van der Waals surface area contributed by atoms with Crippen LogP contribution in [0.5, 0.6) is 0 Å². The zero-order valence-corrected chi connectivity index (χ0v) is 35.1. The molecular formula is C58H46N2. The van der Waals surface area contributed by atoms with Gasteiger partial charge in [0, 0.05) is 32.9 Å². The molecule has 0 spiro atoms. The van der Waals surface area contributed by atoms with Gasteiger partial charge in [-0.05, 0) is 167 Å². The van der Waals surface area contributed by atoms with Crippen LogP contribution in [0, 0.1) is 41.5 Å². The summed E-state index contributed by atoms with van der Waals surface area (Å²) in [5.41, 5.74) is 14.9. The van der Waals surface area contributed by atoms with Crippen LogP contribution in [0.2, 0.25) is 0 Å². The molecule has 0 heterocycles. The molecular weight excluding hydrogens is 725 g/mol. The molecule has 0 radical (unpaired) electrons. The molecule has 0 aliphatic carbocycles. The molecule has 11 aromatic carbocycles. The zero-order chi connectivity index (χ0) is 40.8. The molecule has 0 fully saturated rings. The first-order chi connectivity index (χ1) is 29.3. The van der Waals surface area contributed by atoms with Gasteiger partial charge in [-0.1, -0.05) is 121 Å². The SMILES string of the molecule is Cc1cc(N(c2cccc3ccccc23)c2ccc3c4cccc5c(N(c6cc(C)c(C)c(C)c6)c6cccc7ccccc67)ccc(c6cccc2c63)c54)cc(C)c1C. The van der Waals surface area contributed by atoms with E-state index in [-0.39, 0.29) is 0 Å². The standard InChI is InChI=1S/C58H46N2/c1-35-31-43(32-36(2)39(35)5)59(53-25-11-17-41-15-7-9-19-45(41)53)55-29-27-49-48-22-14-24-52-56(30-28-50(58(48)52)47-21-13-23-51(55)57(47)49)60(44-33-37(3)40(6)38(4)34-44)54-26-12-18-42-16-8-10-20-46(42)54/h7-34H,1-6H3. The molecule has 288 valence electrons. The minimum absolute atomic E-state index is 1.17.